The molecular formula is C26H31N5O5. The molecule has 10 heteroatoms. The zero-order valence-corrected chi connectivity index (χ0v) is 21.0. The maximum Gasteiger partial charge on any atom is 0.307 e. The molecule has 2 aromatic carbocycles. The number of carbonyl (C=O) groups is 2. The molecule has 1 fully saturated rings. The lowest BCUT2D eigenvalue weighted by molar-refractivity contribution is -0.146. The average molecular weight is 494 g/mol. The minimum Gasteiger partial charge on any atom is -0.493 e. The number of nitrogens with zero attached hydrogens (tertiary/aromatic N) is 4. The number of ether oxygens (including phenoxy) is 3. The second kappa shape index (κ2) is 11.2. The number of anilines is 1. The number of methoxy groups -OCH3 is 3. The van der Waals surface area contributed by atoms with Crippen molar-refractivity contribution in [3.63, 3.8) is 0 Å². The third-order valence-electron chi connectivity index (χ3n) is 6.23. The van der Waals surface area contributed by atoms with Crippen LogP contribution in [0.5, 0.6) is 11.5 Å². The van der Waals surface area contributed by atoms with E-state index in [1.807, 2.05) is 54.4 Å². The Hall–Kier alpha value is -3.92. The summed E-state index contributed by atoms with van der Waals surface area (Å²) in [6.07, 6.45) is -0.0258. The first kappa shape index (κ1) is 25.2. The highest BCUT2D eigenvalue weighted by Crippen LogP contribution is 2.30. The second-order valence-electron chi connectivity index (χ2n) is 8.58. The molecule has 4 rings (SSSR count). The van der Waals surface area contributed by atoms with Crippen molar-refractivity contribution < 1.29 is 23.8 Å². The molecule has 1 saturated heterocycles. The molecule has 0 aliphatic carbocycles. The summed E-state index contributed by atoms with van der Waals surface area (Å²) in [6.45, 7) is 1.99. The third kappa shape index (κ3) is 5.49. The van der Waals surface area contributed by atoms with Gasteiger partial charge in [0.05, 0.1) is 39.8 Å². The number of fused-ring (bicyclic) bond motifs is 1. The van der Waals surface area contributed by atoms with Crippen LogP contribution in [0.15, 0.2) is 42.5 Å². The molecule has 1 N–H and O–H groups in total. The van der Waals surface area contributed by atoms with Crippen molar-refractivity contribution in [2.45, 2.75) is 25.6 Å². The number of hydrogen-bond acceptors (Lipinski definition) is 9. The van der Waals surface area contributed by atoms with E-state index in [-0.39, 0.29) is 12.3 Å². The Morgan fingerprint density at radius 3 is 2.64 bits per heavy atom. The lowest BCUT2D eigenvalue weighted by atomic mass is 10.1. The van der Waals surface area contributed by atoms with Gasteiger partial charge in [0.2, 0.25) is 5.91 Å². The molecule has 1 aliphatic rings. The Bertz CT molecular complexity index is 1250. The SMILES string of the molecule is COC(=O)CC1C(=O)NCCN1Cc1nc(N(C)Cc2ccc(OC)c(OC)c2)c2ccccc2n1. The van der Waals surface area contributed by atoms with Gasteiger partial charge in [-0.3, -0.25) is 14.5 Å². The van der Waals surface area contributed by atoms with Gasteiger partial charge in [-0.05, 0) is 29.8 Å². The Kier molecular flexibility index (Phi) is 7.84. The van der Waals surface area contributed by atoms with Crippen molar-refractivity contribution in [3.05, 3.63) is 53.9 Å². The zero-order chi connectivity index (χ0) is 25.7. The molecule has 36 heavy (non-hydrogen) atoms. The number of piperazine rings is 1. The molecule has 0 saturated carbocycles. The summed E-state index contributed by atoms with van der Waals surface area (Å²) >= 11 is 0. The molecule has 190 valence electrons. The van der Waals surface area contributed by atoms with Crippen LogP contribution >= 0.6 is 0 Å². The van der Waals surface area contributed by atoms with E-state index in [9.17, 15) is 9.59 Å². The second-order valence-corrected chi connectivity index (χ2v) is 8.58. The van der Waals surface area contributed by atoms with E-state index < -0.39 is 12.0 Å². The summed E-state index contributed by atoms with van der Waals surface area (Å²) in [7, 11) is 6.52. The molecule has 1 aliphatic heterocycles. The van der Waals surface area contributed by atoms with Gasteiger partial charge in [0.1, 0.15) is 17.7 Å². The van der Waals surface area contributed by atoms with Crippen LogP contribution in [0.2, 0.25) is 0 Å². The number of rotatable bonds is 9. The largest absolute Gasteiger partial charge is 0.493 e. The first-order chi connectivity index (χ1) is 17.4. The van der Waals surface area contributed by atoms with Crippen molar-refractivity contribution in [1.29, 1.82) is 0 Å². The van der Waals surface area contributed by atoms with Crippen molar-refractivity contribution in [2.75, 3.05) is 46.4 Å². The molecule has 1 unspecified atom stereocenters. The number of amides is 1. The van der Waals surface area contributed by atoms with E-state index in [1.165, 1.54) is 7.11 Å². The van der Waals surface area contributed by atoms with E-state index in [1.54, 1.807) is 14.2 Å². The maximum absolute atomic E-state index is 12.5. The summed E-state index contributed by atoms with van der Waals surface area (Å²) in [5.74, 6) is 2.06. The molecule has 0 bridgehead atoms. The predicted octanol–water partition coefficient (Wildman–Crippen LogP) is 2.15. The number of nitrogens with one attached hydrogen (secondary N) is 1. The monoisotopic (exact) mass is 493 g/mol. The molecule has 1 atom stereocenters. The fourth-order valence-corrected chi connectivity index (χ4v) is 4.39. The summed E-state index contributed by atoms with van der Waals surface area (Å²) in [4.78, 5) is 38.1. The van der Waals surface area contributed by atoms with Crippen LogP contribution in [0.25, 0.3) is 10.9 Å². The minimum absolute atomic E-state index is 0.0258. The average Bonchev–Trinajstić information content (AvgIpc) is 2.89. The van der Waals surface area contributed by atoms with Crippen molar-refractivity contribution in [2.24, 2.45) is 0 Å². The number of hydrogen-bond donors (Lipinski definition) is 1. The van der Waals surface area contributed by atoms with Crippen LogP contribution in [-0.4, -0.2) is 74.3 Å². The molecule has 0 spiro atoms. The summed E-state index contributed by atoms with van der Waals surface area (Å²) in [6, 6.07) is 13.0. The van der Waals surface area contributed by atoms with Crippen LogP contribution in [0.3, 0.4) is 0 Å². The molecule has 2 heterocycles. The van der Waals surface area contributed by atoms with Gasteiger partial charge < -0.3 is 24.4 Å². The molecule has 1 amide bonds. The highest BCUT2D eigenvalue weighted by Gasteiger charge is 2.32. The zero-order valence-electron chi connectivity index (χ0n) is 21.0. The van der Waals surface area contributed by atoms with E-state index in [0.717, 1.165) is 22.3 Å². The quantitative estimate of drug-likeness (QED) is 0.449. The van der Waals surface area contributed by atoms with Crippen molar-refractivity contribution in [3.8, 4) is 11.5 Å². The minimum atomic E-state index is -0.630. The van der Waals surface area contributed by atoms with Crippen LogP contribution in [0.1, 0.15) is 17.8 Å². The fourth-order valence-electron chi connectivity index (χ4n) is 4.39. The Morgan fingerprint density at radius 2 is 1.89 bits per heavy atom. The Morgan fingerprint density at radius 1 is 1.11 bits per heavy atom. The molecule has 1 aromatic heterocycles. The van der Waals surface area contributed by atoms with Gasteiger partial charge in [0.15, 0.2) is 11.5 Å². The highest BCUT2D eigenvalue weighted by molar-refractivity contribution is 5.89. The van der Waals surface area contributed by atoms with E-state index in [2.05, 4.69) is 10.2 Å². The molecule has 10 nitrogen and oxygen atoms in total. The summed E-state index contributed by atoms with van der Waals surface area (Å²) < 4.78 is 15.6. The Labute approximate surface area is 210 Å². The van der Waals surface area contributed by atoms with Crippen molar-refractivity contribution >= 4 is 28.6 Å². The predicted molar refractivity (Wildman–Crippen MR) is 135 cm³/mol. The first-order valence-electron chi connectivity index (χ1n) is 11.7. The maximum atomic E-state index is 12.5. The number of esters is 1. The van der Waals surface area contributed by atoms with Gasteiger partial charge in [0, 0.05) is 32.1 Å². The number of para-hydroxylation sites is 1. The number of carbonyl (C=O) groups excluding carboxylic acids is 2. The smallest absolute Gasteiger partial charge is 0.307 e. The topological polar surface area (TPSA) is 106 Å². The van der Waals surface area contributed by atoms with Crippen LogP contribution in [0, 0.1) is 0 Å². The lowest BCUT2D eigenvalue weighted by Crippen LogP contribution is -2.55. The fraction of sp³-hybridized carbons (Fsp3) is 0.385. The van der Waals surface area contributed by atoms with E-state index >= 15 is 0 Å². The van der Waals surface area contributed by atoms with E-state index in [4.69, 9.17) is 24.2 Å². The number of aromatic nitrogens is 2. The Balaban J connectivity index is 1.63. The normalized spacial score (nSPS) is 15.9. The van der Waals surface area contributed by atoms with Gasteiger partial charge in [-0.15, -0.1) is 0 Å². The third-order valence-corrected chi connectivity index (χ3v) is 6.23. The number of benzene rings is 2. The van der Waals surface area contributed by atoms with Crippen LogP contribution in [0.4, 0.5) is 5.82 Å². The standard InChI is InChI=1S/C26H31N5O5/c1-30(15-17-9-10-21(34-2)22(13-17)35-3)25-18-7-5-6-8-19(18)28-23(29-25)16-31-12-11-27-26(33)20(31)14-24(32)36-4/h5-10,13,20H,11-12,14-16H2,1-4H3,(H,27,33). The lowest BCUT2D eigenvalue weighted by Gasteiger charge is -2.34. The highest BCUT2D eigenvalue weighted by atomic mass is 16.5. The first-order valence-corrected chi connectivity index (χ1v) is 11.7. The van der Waals surface area contributed by atoms with Gasteiger partial charge >= 0.3 is 5.97 Å². The molecule has 3 aromatic rings. The van der Waals surface area contributed by atoms with Crippen LogP contribution in [-0.2, 0) is 27.4 Å². The van der Waals surface area contributed by atoms with E-state index in [0.29, 0.717) is 43.5 Å². The molecular weight excluding hydrogens is 462 g/mol. The van der Waals surface area contributed by atoms with Gasteiger partial charge in [-0.25, -0.2) is 9.97 Å². The van der Waals surface area contributed by atoms with Gasteiger partial charge in [-0.2, -0.15) is 0 Å². The van der Waals surface area contributed by atoms with Gasteiger partial charge in [-0.1, -0.05) is 18.2 Å². The summed E-state index contributed by atoms with van der Waals surface area (Å²) in [5, 5.41) is 3.75. The van der Waals surface area contributed by atoms with Gasteiger partial charge in [0.25, 0.3) is 0 Å². The molecule has 0 radical (unpaired) electrons. The summed E-state index contributed by atoms with van der Waals surface area (Å²) in [5.41, 5.74) is 1.84. The van der Waals surface area contributed by atoms with Crippen molar-refractivity contribution in [1.82, 2.24) is 20.2 Å². The van der Waals surface area contributed by atoms with Crippen LogP contribution < -0.4 is 19.7 Å².